The van der Waals surface area contributed by atoms with Crippen LogP contribution in [0, 0.1) is 11.6 Å². The van der Waals surface area contributed by atoms with E-state index in [1.165, 1.54) is 12.1 Å². The van der Waals surface area contributed by atoms with Crippen LogP contribution in [0.25, 0.3) is 0 Å². The Morgan fingerprint density at radius 1 is 1.00 bits per heavy atom. The molecule has 0 aromatic heterocycles. The maximum atomic E-state index is 13.7. The van der Waals surface area contributed by atoms with Crippen LogP contribution in [0.3, 0.4) is 0 Å². The lowest BCUT2D eigenvalue weighted by atomic mass is 9.99. The van der Waals surface area contributed by atoms with E-state index < -0.39 is 11.6 Å². The van der Waals surface area contributed by atoms with Crippen molar-refractivity contribution in [1.82, 2.24) is 10.2 Å². The number of amides is 1. The molecule has 0 saturated carbocycles. The number of carbonyl (C=O) groups is 1. The lowest BCUT2D eigenvalue weighted by molar-refractivity contribution is 0.0978. The van der Waals surface area contributed by atoms with Crippen LogP contribution in [0.4, 0.5) is 20.2 Å². The third-order valence-electron chi connectivity index (χ3n) is 7.33. The fourth-order valence-electron chi connectivity index (χ4n) is 5.24. The van der Waals surface area contributed by atoms with Gasteiger partial charge in [-0.3, -0.25) is 9.79 Å². The van der Waals surface area contributed by atoms with Crippen LogP contribution < -0.4 is 15.5 Å². The molecule has 0 bridgehead atoms. The van der Waals surface area contributed by atoms with Crippen molar-refractivity contribution in [3.8, 4) is 0 Å². The molecule has 0 unspecified atom stereocenters. The van der Waals surface area contributed by atoms with Gasteiger partial charge >= 0.3 is 0 Å². The Morgan fingerprint density at radius 2 is 1.75 bits per heavy atom. The van der Waals surface area contributed by atoms with Gasteiger partial charge in [-0.05, 0) is 73.5 Å². The third-order valence-corrected chi connectivity index (χ3v) is 7.33. The Bertz CT molecular complexity index is 1400. The molecular weight excluding hydrogens is 512 g/mol. The van der Waals surface area contributed by atoms with E-state index in [4.69, 9.17) is 4.74 Å². The molecule has 3 aromatic rings. The molecule has 2 heterocycles. The number of amidine groups is 1. The van der Waals surface area contributed by atoms with E-state index >= 15 is 0 Å². The molecule has 1 saturated heterocycles. The molecule has 1 fully saturated rings. The highest BCUT2D eigenvalue weighted by Gasteiger charge is 2.23. The topological polar surface area (TPSA) is 69.2 Å². The fraction of sp³-hybridized carbons (Fsp3) is 0.355. The number of hydrogen-bond donors (Lipinski definition) is 2. The van der Waals surface area contributed by atoms with Gasteiger partial charge in [-0.1, -0.05) is 12.1 Å². The lowest BCUT2D eigenvalue weighted by Gasteiger charge is -2.34. The highest BCUT2D eigenvalue weighted by Crippen LogP contribution is 2.27. The SMILES string of the molecule is COC[C@@H](C)Nc1cc(N2CCN(C)CC2)ccc1C(=O)NC1=NCc2ccc(Cc3cc(F)cc(F)c3)cc21. The lowest BCUT2D eigenvalue weighted by Crippen LogP contribution is -2.44. The predicted molar refractivity (Wildman–Crippen MR) is 154 cm³/mol. The Balaban J connectivity index is 1.36. The van der Waals surface area contributed by atoms with Crippen LogP contribution >= 0.6 is 0 Å². The smallest absolute Gasteiger partial charge is 0.258 e. The molecule has 1 amide bonds. The maximum absolute atomic E-state index is 13.7. The average molecular weight is 548 g/mol. The first-order valence-corrected chi connectivity index (χ1v) is 13.5. The number of aliphatic imine (C=N–C) groups is 1. The highest BCUT2D eigenvalue weighted by atomic mass is 19.1. The second-order valence-corrected chi connectivity index (χ2v) is 10.6. The molecule has 9 heteroatoms. The summed E-state index contributed by atoms with van der Waals surface area (Å²) < 4.78 is 32.7. The largest absolute Gasteiger partial charge is 0.383 e. The summed E-state index contributed by atoms with van der Waals surface area (Å²) in [6.07, 6.45) is 0.363. The van der Waals surface area contributed by atoms with Gasteiger partial charge in [-0.15, -0.1) is 0 Å². The molecule has 0 aliphatic carbocycles. The summed E-state index contributed by atoms with van der Waals surface area (Å²) in [7, 11) is 3.78. The minimum Gasteiger partial charge on any atom is -0.383 e. The van der Waals surface area contributed by atoms with E-state index in [1.807, 2.05) is 43.3 Å². The molecule has 40 heavy (non-hydrogen) atoms. The number of fused-ring (bicyclic) bond motifs is 1. The standard InChI is InChI=1S/C31H35F2N5O2/c1-20(19-40-3)35-29-17-26(38-10-8-37(2)9-11-38)6-7-27(29)31(39)36-30-28-15-21(4-5-23(28)18-34-30)12-22-13-24(32)16-25(33)14-22/h4-7,13-17,20,35H,8-12,18-19H2,1-3H3,(H,34,36,39)/t20-/m1/s1. The molecule has 2 aliphatic heterocycles. The normalized spacial score (nSPS) is 15.9. The van der Waals surface area contributed by atoms with Gasteiger partial charge in [0, 0.05) is 62.3 Å². The molecule has 0 radical (unpaired) electrons. The van der Waals surface area contributed by atoms with Crippen LogP contribution in [0.5, 0.6) is 0 Å². The monoisotopic (exact) mass is 547 g/mol. The summed E-state index contributed by atoms with van der Waals surface area (Å²) in [4.78, 5) is 22.8. The summed E-state index contributed by atoms with van der Waals surface area (Å²) in [6.45, 7) is 6.79. The number of hydrogen-bond acceptors (Lipinski definition) is 6. The number of carbonyl (C=O) groups excluding carboxylic acids is 1. The zero-order valence-corrected chi connectivity index (χ0v) is 23.1. The van der Waals surface area contributed by atoms with Crippen molar-refractivity contribution in [2.45, 2.75) is 25.9 Å². The van der Waals surface area contributed by atoms with E-state index in [9.17, 15) is 13.6 Å². The van der Waals surface area contributed by atoms with Gasteiger partial charge in [0.15, 0.2) is 0 Å². The van der Waals surface area contributed by atoms with Crippen molar-refractivity contribution in [1.29, 1.82) is 0 Å². The minimum absolute atomic E-state index is 0.000875. The van der Waals surface area contributed by atoms with Gasteiger partial charge < -0.3 is 25.2 Å². The van der Waals surface area contributed by atoms with Crippen molar-refractivity contribution in [2.75, 3.05) is 57.2 Å². The van der Waals surface area contributed by atoms with Crippen LogP contribution in [0.15, 0.2) is 59.6 Å². The number of likely N-dealkylation sites (N-methyl/N-ethyl adjacent to an activating group) is 1. The van der Waals surface area contributed by atoms with Crippen molar-refractivity contribution >= 4 is 23.1 Å². The van der Waals surface area contributed by atoms with Crippen molar-refractivity contribution < 1.29 is 18.3 Å². The number of ether oxygens (including phenoxy) is 1. The maximum Gasteiger partial charge on any atom is 0.258 e. The summed E-state index contributed by atoms with van der Waals surface area (Å²) >= 11 is 0. The summed E-state index contributed by atoms with van der Waals surface area (Å²) in [5.74, 6) is -0.977. The van der Waals surface area contributed by atoms with Crippen LogP contribution in [0.1, 0.15) is 39.5 Å². The van der Waals surface area contributed by atoms with E-state index in [0.717, 1.165) is 60.3 Å². The second-order valence-electron chi connectivity index (χ2n) is 10.6. The van der Waals surface area contributed by atoms with E-state index in [1.54, 1.807) is 7.11 Å². The number of halogens is 2. The van der Waals surface area contributed by atoms with E-state index in [0.29, 0.717) is 36.5 Å². The van der Waals surface area contributed by atoms with Crippen molar-refractivity contribution in [3.63, 3.8) is 0 Å². The zero-order chi connectivity index (χ0) is 28.2. The van der Waals surface area contributed by atoms with Crippen LogP contribution in [-0.2, 0) is 17.7 Å². The van der Waals surface area contributed by atoms with E-state index in [2.05, 4.69) is 32.5 Å². The summed E-state index contributed by atoms with van der Waals surface area (Å²) in [5.41, 5.74) is 5.54. The van der Waals surface area contributed by atoms with Gasteiger partial charge in [0.2, 0.25) is 0 Å². The van der Waals surface area contributed by atoms with Gasteiger partial charge in [0.1, 0.15) is 17.5 Å². The molecule has 2 aliphatic rings. The molecule has 7 nitrogen and oxygen atoms in total. The van der Waals surface area contributed by atoms with Gasteiger partial charge in [0.25, 0.3) is 5.91 Å². The molecule has 2 N–H and O–H groups in total. The molecule has 5 rings (SSSR count). The Labute approximate surface area is 233 Å². The highest BCUT2D eigenvalue weighted by molar-refractivity contribution is 6.15. The van der Waals surface area contributed by atoms with Gasteiger partial charge in [-0.2, -0.15) is 0 Å². The number of benzene rings is 3. The average Bonchev–Trinajstić information content (AvgIpc) is 3.30. The third kappa shape index (κ3) is 6.48. The van der Waals surface area contributed by atoms with Gasteiger partial charge in [-0.25, -0.2) is 8.78 Å². The number of nitrogens with zero attached hydrogens (tertiary/aromatic N) is 3. The van der Waals surface area contributed by atoms with Crippen molar-refractivity contribution in [2.24, 2.45) is 4.99 Å². The number of piperazine rings is 1. The summed E-state index contributed by atoms with van der Waals surface area (Å²) in [6, 6.07) is 15.2. The Morgan fingerprint density at radius 3 is 2.48 bits per heavy atom. The first kappa shape index (κ1) is 27.7. The second kappa shape index (κ2) is 12.1. The first-order chi connectivity index (χ1) is 19.3. The Hall–Kier alpha value is -3.82. The number of methoxy groups -OCH3 is 1. The Kier molecular flexibility index (Phi) is 8.42. The van der Waals surface area contributed by atoms with Gasteiger partial charge in [0.05, 0.1) is 18.7 Å². The molecular formula is C31H35F2N5O2. The molecule has 1 atom stereocenters. The van der Waals surface area contributed by atoms with E-state index in [-0.39, 0.29) is 11.9 Å². The number of anilines is 2. The molecule has 210 valence electrons. The van der Waals surface area contributed by atoms with Crippen LogP contribution in [-0.4, -0.2) is 69.6 Å². The fourth-order valence-corrected chi connectivity index (χ4v) is 5.24. The van der Waals surface area contributed by atoms with Crippen molar-refractivity contribution in [3.05, 3.63) is 94.0 Å². The van der Waals surface area contributed by atoms with Crippen LogP contribution in [0.2, 0.25) is 0 Å². The minimum atomic E-state index is -0.603. The molecule has 3 aromatic carbocycles. The molecule has 0 spiro atoms. The quantitative estimate of drug-likeness (QED) is 0.437. The number of nitrogens with one attached hydrogen (secondary N) is 2. The predicted octanol–water partition coefficient (Wildman–Crippen LogP) is 4.44. The zero-order valence-electron chi connectivity index (χ0n) is 23.1. The first-order valence-electron chi connectivity index (χ1n) is 13.5. The summed E-state index contributed by atoms with van der Waals surface area (Å²) in [5, 5.41) is 6.46. The number of rotatable bonds is 8.